The topological polar surface area (TPSA) is 81.2 Å². The van der Waals surface area contributed by atoms with Crippen molar-refractivity contribution in [1.29, 1.82) is 0 Å². The fourth-order valence-corrected chi connectivity index (χ4v) is 2.90. The minimum Gasteiger partial charge on any atom is -0.444 e. The summed E-state index contributed by atoms with van der Waals surface area (Å²) in [5.74, 6) is 0.945. The molecule has 0 radical (unpaired) electrons. The van der Waals surface area contributed by atoms with E-state index < -0.39 is 0 Å². The maximum absolute atomic E-state index is 12.3. The average molecular weight is 445 g/mol. The van der Waals surface area contributed by atoms with Crippen molar-refractivity contribution in [3.63, 3.8) is 0 Å². The molecule has 0 aliphatic rings. The molecular formula is C19H11BrClN3O3. The molecule has 0 aliphatic heterocycles. The van der Waals surface area contributed by atoms with Crippen LogP contribution in [0.4, 0.5) is 5.69 Å². The maximum Gasteiger partial charge on any atom is 0.293 e. The van der Waals surface area contributed by atoms with Gasteiger partial charge in [-0.05, 0) is 70.5 Å². The Bertz CT molecular complexity index is 1110. The molecule has 0 atom stereocenters. The first kappa shape index (κ1) is 17.5. The monoisotopic (exact) mass is 443 g/mol. The highest BCUT2D eigenvalue weighted by molar-refractivity contribution is 9.10. The third kappa shape index (κ3) is 3.94. The molecular weight excluding hydrogens is 434 g/mol. The molecule has 1 N–H and O–H groups in total. The number of furan rings is 1. The SMILES string of the molecule is O=C(Nc1ccc(-c2noc(-c3ccc(Br)o3)n2)cc1)c1cccc(Cl)c1. The van der Waals surface area contributed by atoms with E-state index in [1.807, 2.05) is 0 Å². The molecule has 0 spiro atoms. The van der Waals surface area contributed by atoms with Crippen molar-refractivity contribution in [3.8, 4) is 23.0 Å². The molecule has 0 saturated carbocycles. The van der Waals surface area contributed by atoms with E-state index in [4.69, 9.17) is 20.5 Å². The summed E-state index contributed by atoms with van der Waals surface area (Å²) in [6.45, 7) is 0. The first-order chi connectivity index (χ1) is 13.1. The molecule has 4 rings (SSSR count). The lowest BCUT2D eigenvalue weighted by molar-refractivity contribution is 0.102. The van der Waals surface area contributed by atoms with Gasteiger partial charge in [-0.15, -0.1) is 0 Å². The lowest BCUT2D eigenvalue weighted by Crippen LogP contribution is -2.11. The van der Waals surface area contributed by atoms with Crippen LogP contribution in [0.2, 0.25) is 5.02 Å². The highest BCUT2D eigenvalue weighted by Crippen LogP contribution is 2.26. The van der Waals surface area contributed by atoms with Gasteiger partial charge in [-0.3, -0.25) is 4.79 Å². The zero-order valence-corrected chi connectivity index (χ0v) is 16.0. The first-order valence-electron chi connectivity index (χ1n) is 7.85. The zero-order valence-electron chi connectivity index (χ0n) is 13.6. The molecule has 2 aromatic heterocycles. The van der Waals surface area contributed by atoms with Crippen LogP contribution in [0.15, 0.2) is 74.3 Å². The van der Waals surface area contributed by atoms with Crippen molar-refractivity contribution in [3.05, 3.63) is 75.9 Å². The van der Waals surface area contributed by atoms with Crippen LogP contribution < -0.4 is 5.32 Å². The van der Waals surface area contributed by atoms with Crippen molar-refractivity contribution >= 4 is 39.1 Å². The fourth-order valence-electron chi connectivity index (χ4n) is 2.41. The van der Waals surface area contributed by atoms with Crippen LogP contribution in [0, 0.1) is 0 Å². The predicted molar refractivity (Wildman–Crippen MR) is 105 cm³/mol. The minimum atomic E-state index is -0.240. The fraction of sp³-hybridized carbons (Fsp3) is 0. The average Bonchev–Trinajstić information content (AvgIpc) is 3.31. The smallest absolute Gasteiger partial charge is 0.293 e. The number of nitrogens with zero attached hydrogens (tertiary/aromatic N) is 2. The summed E-state index contributed by atoms with van der Waals surface area (Å²) in [6.07, 6.45) is 0. The third-order valence-corrected chi connectivity index (χ3v) is 4.36. The van der Waals surface area contributed by atoms with Gasteiger partial charge in [0.2, 0.25) is 5.82 Å². The van der Waals surface area contributed by atoms with Crippen LogP contribution in [-0.4, -0.2) is 16.0 Å². The maximum atomic E-state index is 12.3. The molecule has 2 aromatic carbocycles. The normalized spacial score (nSPS) is 10.7. The van der Waals surface area contributed by atoms with E-state index in [1.54, 1.807) is 60.7 Å². The van der Waals surface area contributed by atoms with Gasteiger partial charge in [0, 0.05) is 21.8 Å². The van der Waals surface area contributed by atoms with Crippen LogP contribution in [0.5, 0.6) is 0 Å². The number of carbonyl (C=O) groups is 1. The number of carbonyl (C=O) groups excluding carboxylic acids is 1. The Balaban J connectivity index is 1.49. The summed E-state index contributed by atoms with van der Waals surface area (Å²) in [4.78, 5) is 16.6. The van der Waals surface area contributed by atoms with Crippen LogP contribution in [0.1, 0.15) is 10.4 Å². The minimum absolute atomic E-state index is 0.240. The first-order valence-corrected chi connectivity index (χ1v) is 9.02. The Morgan fingerprint density at radius 3 is 2.59 bits per heavy atom. The van der Waals surface area contributed by atoms with Gasteiger partial charge in [0.05, 0.1) is 0 Å². The number of aromatic nitrogens is 2. The van der Waals surface area contributed by atoms with Crippen LogP contribution in [0.25, 0.3) is 23.0 Å². The van der Waals surface area contributed by atoms with E-state index in [1.165, 1.54) is 0 Å². The van der Waals surface area contributed by atoms with Gasteiger partial charge in [-0.25, -0.2) is 0 Å². The Morgan fingerprint density at radius 1 is 1.07 bits per heavy atom. The molecule has 0 aliphatic carbocycles. The third-order valence-electron chi connectivity index (χ3n) is 3.70. The summed E-state index contributed by atoms with van der Waals surface area (Å²) >= 11 is 9.15. The van der Waals surface area contributed by atoms with Crippen molar-refractivity contribution in [1.82, 2.24) is 10.1 Å². The Labute approximate surface area is 167 Å². The number of halogens is 2. The molecule has 134 valence electrons. The van der Waals surface area contributed by atoms with Gasteiger partial charge >= 0.3 is 0 Å². The number of amides is 1. The number of rotatable bonds is 4. The molecule has 8 heteroatoms. The van der Waals surface area contributed by atoms with Gasteiger partial charge < -0.3 is 14.3 Å². The second-order valence-electron chi connectivity index (χ2n) is 5.57. The van der Waals surface area contributed by atoms with Crippen molar-refractivity contribution in [2.45, 2.75) is 0 Å². The van der Waals surface area contributed by atoms with Crippen molar-refractivity contribution < 1.29 is 13.7 Å². The number of nitrogens with one attached hydrogen (secondary N) is 1. The largest absolute Gasteiger partial charge is 0.444 e. The predicted octanol–water partition coefficient (Wildman–Crippen LogP) is 5.66. The molecule has 0 saturated heterocycles. The molecule has 0 bridgehead atoms. The number of hydrogen-bond donors (Lipinski definition) is 1. The second kappa shape index (κ2) is 7.38. The molecule has 0 fully saturated rings. The Hall–Kier alpha value is -2.90. The Kier molecular flexibility index (Phi) is 4.79. The molecule has 6 nitrogen and oxygen atoms in total. The zero-order chi connectivity index (χ0) is 18.8. The highest BCUT2D eigenvalue weighted by atomic mass is 79.9. The van der Waals surface area contributed by atoms with E-state index in [0.717, 1.165) is 5.56 Å². The molecule has 27 heavy (non-hydrogen) atoms. The van der Waals surface area contributed by atoms with Gasteiger partial charge in [0.1, 0.15) is 0 Å². The summed E-state index contributed by atoms with van der Waals surface area (Å²) < 4.78 is 11.2. The van der Waals surface area contributed by atoms with E-state index in [9.17, 15) is 4.79 Å². The van der Waals surface area contributed by atoms with Gasteiger partial charge in [-0.2, -0.15) is 4.98 Å². The second-order valence-corrected chi connectivity index (χ2v) is 6.79. The van der Waals surface area contributed by atoms with Crippen molar-refractivity contribution in [2.24, 2.45) is 0 Å². The van der Waals surface area contributed by atoms with Crippen LogP contribution in [0.3, 0.4) is 0 Å². The van der Waals surface area contributed by atoms with E-state index in [-0.39, 0.29) is 11.8 Å². The lowest BCUT2D eigenvalue weighted by atomic mass is 10.1. The van der Waals surface area contributed by atoms with Gasteiger partial charge in [0.15, 0.2) is 10.4 Å². The molecule has 0 unspecified atom stereocenters. The lowest BCUT2D eigenvalue weighted by Gasteiger charge is -2.06. The summed E-state index contributed by atoms with van der Waals surface area (Å²) in [7, 11) is 0. The summed E-state index contributed by atoms with van der Waals surface area (Å²) in [6, 6.07) is 17.3. The van der Waals surface area contributed by atoms with E-state index >= 15 is 0 Å². The Morgan fingerprint density at radius 2 is 1.89 bits per heavy atom. The van der Waals surface area contributed by atoms with Crippen molar-refractivity contribution in [2.75, 3.05) is 5.32 Å². The standard InChI is InChI=1S/C19H11BrClN3O3/c20-16-9-8-15(26-16)19-23-17(24-27-19)11-4-6-14(7-5-11)22-18(25)12-2-1-3-13(21)10-12/h1-10H,(H,22,25). The van der Waals surface area contributed by atoms with Crippen LogP contribution in [-0.2, 0) is 0 Å². The molecule has 4 aromatic rings. The van der Waals surface area contributed by atoms with E-state index in [0.29, 0.717) is 32.5 Å². The summed E-state index contributed by atoms with van der Waals surface area (Å²) in [5.41, 5.74) is 1.87. The van der Waals surface area contributed by atoms with Gasteiger partial charge in [0.25, 0.3) is 11.8 Å². The molecule has 2 heterocycles. The van der Waals surface area contributed by atoms with E-state index in [2.05, 4.69) is 31.4 Å². The molecule has 1 amide bonds. The number of anilines is 1. The van der Waals surface area contributed by atoms with Gasteiger partial charge in [-0.1, -0.05) is 22.8 Å². The highest BCUT2D eigenvalue weighted by Gasteiger charge is 2.14. The number of benzene rings is 2. The van der Waals surface area contributed by atoms with Crippen LogP contribution >= 0.6 is 27.5 Å². The quantitative estimate of drug-likeness (QED) is 0.439. The summed E-state index contributed by atoms with van der Waals surface area (Å²) in [5, 5.41) is 7.28. The number of hydrogen-bond acceptors (Lipinski definition) is 5.